The van der Waals surface area contributed by atoms with Crippen molar-refractivity contribution in [2.24, 2.45) is 0 Å². The summed E-state index contributed by atoms with van der Waals surface area (Å²) >= 11 is 0. The summed E-state index contributed by atoms with van der Waals surface area (Å²) in [6, 6.07) is 14.1. The molecule has 2 aromatic rings. The summed E-state index contributed by atoms with van der Waals surface area (Å²) in [5.74, 6) is 0.182. The van der Waals surface area contributed by atoms with Gasteiger partial charge in [-0.25, -0.2) is 8.42 Å². The van der Waals surface area contributed by atoms with Crippen molar-refractivity contribution in [2.75, 3.05) is 43.4 Å². The first-order chi connectivity index (χ1) is 12.4. The van der Waals surface area contributed by atoms with Gasteiger partial charge >= 0.3 is 0 Å². The number of anilines is 1. The molecule has 0 spiro atoms. The fourth-order valence-electron chi connectivity index (χ4n) is 3.53. The van der Waals surface area contributed by atoms with Gasteiger partial charge in [0.05, 0.1) is 10.6 Å². The number of benzene rings is 2. The minimum atomic E-state index is -3.24. The number of para-hydroxylation sites is 1. The first kappa shape index (κ1) is 18.9. The summed E-state index contributed by atoms with van der Waals surface area (Å²) in [6.45, 7) is 10.2. The van der Waals surface area contributed by atoms with E-state index in [2.05, 4.69) is 41.0 Å². The lowest BCUT2D eigenvalue weighted by atomic mass is 10.1. The maximum atomic E-state index is 12.7. The number of hydrogen-bond acceptors (Lipinski definition) is 4. The van der Waals surface area contributed by atoms with Crippen LogP contribution in [0.15, 0.2) is 47.4 Å². The van der Waals surface area contributed by atoms with Gasteiger partial charge in [-0.3, -0.25) is 4.90 Å². The highest BCUT2D eigenvalue weighted by Crippen LogP contribution is 2.22. The number of piperazine rings is 1. The SMILES string of the molecule is Cc1ccc(C)c(S(=O)(=O)CCN2CCN(c3ccccc3C)CC2)c1. The maximum absolute atomic E-state index is 12.7. The molecule has 0 atom stereocenters. The van der Waals surface area contributed by atoms with Crippen molar-refractivity contribution < 1.29 is 8.42 Å². The van der Waals surface area contributed by atoms with Gasteiger partial charge in [-0.05, 0) is 49.6 Å². The Morgan fingerprint density at radius 2 is 1.58 bits per heavy atom. The molecular weight excluding hydrogens is 344 g/mol. The van der Waals surface area contributed by atoms with Crippen LogP contribution in [0.2, 0.25) is 0 Å². The summed E-state index contributed by atoms with van der Waals surface area (Å²) in [4.78, 5) is 5.14. The minimum Gasteiger partial charge on any atom is -0.369 e. The molecule has 1 fully saturated rings. The van der Waals surface area contributed by atoms with Crippen LogP contribution in [-0.2, 0) is 9.84 Å². The first-order valence-electron chi connectivity index (χ1n) is 9.20. The summed E-state index contributed by atoms with van der Waals surface area (Å²) in [5.41, 5.74) is 4.40. The molecule has 3 rings (SSSR count). The molecule has 0 N–H and O–H groups in total. The third-order valence-electron chi connectivity index (χ3n) is 5.18. The predicted molar refractivity (Wildman–Crippen MR) is 108 cm³/mol. The minimum absolute atomic E-state index is 0.182. The van der Waals surface area contributed by atoms with E-state index < -0.39 is 9.84 Å². The van der Waals surface area contributed by atoms with Gasteiger partial charge in [-0.2, -0.15) is 0 Å². The second-order valence-corrected chi connectivity index (χ2v) is 9.28. The zero-order valence-corrected chi connectivity index (χ0v) is 16.7. The molecule has 0 aliphatic carbocycles. The van der Waals surface area contributed by atoms with Crippen LogP contribution < -0.4 is 4.90 Å². The lowest BCUT2D eigenvalue weighted by Gasteiger charge is -2.36. The molecule has 4 nitrogen and oxygen atoms in total. The highest BCUT2D eigenvalue weighted by atomic mass is 32.2. The van der Waals surface area contributed by atoms with Gasteiger partial charge < -0.3 is 4.90 Å². The largest absolute Gasteiger partial charge is 0.369 e. The zero-order valence-electron chi connectivity index (χ0n) is 15.9. The molecule has 0 unspecified atom stereocenters. The van der Waals surface area contributed by atoms with Crippen molar-refractivity contribution in [3.63, 3.8) is 0 Å². The number of rotatable bonds is 5. The summed E-state index contributed by atoms with van der Waals surface area (Å²) < 4.78 is 25.5. The Bertz CT molecular complexity index is 869. The van der Waals surface area contributed by atoms with Crippen LogP contribution in [0.5, 0.6) is 0 Å². The average molecular weight is 373 g/mol. The molecule has 5 heteroatoms. The van der Waals surface area contributed by atoms with Crippen molar-refractivity contribution >= 4 is 15.5 Å². The van der Waals surface area contributed by atoms with Crippen LogP contribution in [0.4, 0.5) is 5.69 Å². The van der Waals surface area contributed by atoms with E-state index in [1.807, 2.05) is 26.0 Å². The smallest absolute Gasteiger partial charge is 0.179 e. The topological polar surface area (TPSA) is 40.6 Å². The second-order valence-electron chi connectivity index (χ2n) is 7.20. The van der Waals surface area contributed by atoms with E-state index in [-0.39, 0.29) is 5.75 Å². The van der Waals surface area contributed by atoms with E-state index in [0.717, 1.165) is 37.3 Å². The highest BCUT2D eigenvalue weighted by Gasteiger charge is 2.22. The van der Waals surface area contributed by atoms with Gasteiger partial charge in [0.1, 0.15) is 0 Å². The Morgan fingerprint density at radius 1 is 0.885 bits per heavy atom. The molecule has 0 radical (unpaired) electrons. The fourth-order valence-corrected chi connectivity index (χ4v) is 5.17. The molecule has 26 heavy (non-hydrogen) atoms. The molecule has 1 saturated heterocycles. The van der Waals surface area contributed by atoms with Gasteiger partial charge in [-0.15, -0.1) is 0 Å². The number of hydrogen-bond donors (Lipinski definition) is 0. The Balaban J connectivity index is 1.58. The summed E-state index contributed by atoms with van der Waals surface area (Å²) in [5, 5.41) is 0. The van der Waals surface area contributed by atoms with E-state index in [1.54, 1.807) is 6.07 Å². The van der Waals surface area contributed by atoms with Gasteiger partial charge in [0.25, 0.3) is 0 Å². The Labute approximate surface area is 157 Å². The maximum Gasteiger partial charge on any atom is 0.179 e. The summed E-state index contributed by atoms with van der Waals surface area (Å²) in [7, 11) is -3.24. The van der Waals surface area contributed by atoms with Crippen LogP contribution in [0.3, 0.4) is 0 Å². The van der Waals surface area contributed by atoms with Gasteiger partial charge in [0.15, 0.2) is 9.84 Å². The van der Waals surface area contributed by atoms with E-state index >= 15 is 0 Å². The van der Waals surface area contributed by atoms with Crippen molar-refractivity contribution in [1.82, 2.24) is 4.90 Å². The van der Waals surface area contributed by atoms with Crippen LogP contribution in [0.25, 0.3) is 0 Å². The van der Waals surface area contributed by atoms with Crippen LogP contribution in [-0.4, -0.2) is 51.8 Å². The Morgan fingerprint density at radius 3 is 2.27 bits per heavy atom. The predicted octanol–water partition coefficient (Wildman–Crippen LogP) is 3.21. The van der Waals surface area contributed by atoms with Crippen LogP contribution >= 0.6 is 0 Å². The van der Waals surface area contributed by atoms with Crippen molar-refractivity contribution in [3.8, 4) is 0 Å². The molecule has 2 aromatic carbocycles. The lowest BCUT2D eigenvalue weighted by Crippen LogP contribution is -2.47. The Kier molecular flexibility index (Phi) is 5.68. The highest BCUT2D eigenvalue weighted by molar-refractivity contribution is 7.91. The van der Waals surface area contributed by atoms with E-state index in [0.29, 0.717) is 11.4 Å². The third-order valence-corrected chi connectivity index (χ3v) is 7.01. The van der Waals surface area contributed by atoms with E-state index in [4.69, 9.17) is 0 Å². The molecular formula is C21H28N2O2S. The van der Waals surface area contributed by atoms with Gasteiger partial charge in [0, 0.05) is 38.4 Å². The zero-order chi connectivity index (χ0) is 18.7. The number of nitrogens with zero attached hydrogens (tertiary/aromatic N) is 2. The first-order valence-corrected chi connectivity index (χ1v) is 10.8. The molecule has 0 saturated carbocycles. The average Bonchev–Trinajstić information content (AvgIpc) is 2.63. The van der Waals surface area contributed by atoms with Crippen LogP contribution in [0.1, 0.15) is 16.7 Å². The van der Waals surface area contributed by atoms with E-state index in [9.17, 15) is 8.42 Å². The van der Waals surface area contributed by atoms with Crippen molar-refractivity contribution in [2.45, 2.75) is 25.7 Å². The number of sulfone groups is 1. The quantitative estimate of drug-likeness (QED) is 0.808. The third kappa shape index (κ3) is 4.27. The second kappa shape index (κ2) is 7.80. The molecule has 1 aliphatic heterocycles. The fraction of sp³-hybridized carbons (Fsp3) is 0.429. The number of aryl methyl sites for hydroxylation is 3. The van der Waals surface area contributed by atoms with Crippen molar-refractivity contribution in [1.29, 1.82) is 0 Å². The Hall–Kier alpha value is -1.85. The normalized spacial score (nSPS) is 16.0. The standard InChI is InChI=1S/C21H28N2O2S/c1-17-8-9-19(3)21(16-17)26(24,25)15-14-22-10-12-23(13-11-22)20-7-5-4-6-18(20)2/h4-9,16H,10-15H2,1-3H3. The molecule has 1 aliphatic rings. The van der Waals surface area contributed by atoms with Gasteiger partial charge in [0.2, 0.25) is 0 Å². The molecule has 0 aromatic heterocycles. The van der Waals surface area contributed by atoms with Gasteiger partial charge in [-0.1, -0.05) is 30.3 Å². The monoisotopic (exact) mass is 372 g/mol. The van der Waals surface area contributed by atoms with E-state index in [1.165, 1.54) is 11.3 Å². The summed E-state index contributed by atoms with van der Waals surface area (Å²) in [6.07, 6.45) is 0. The molecule has 1 heterocycles. The van der Waals surface area contributed by atoms with Crippen molar-refractivity contribution in [3.05, 3.63) is 59.2 Å². The molecule has 0 bridgehead atoms. The molecule has 0 amide bonds. The van der Waals surface area contributed by atoms with Crippen LogP contribution in [0, 0.1) is 20.8 Å². The molecule has 140 valence electrons. The lowest BCUT2D eigenvalue weighted by molar-refractivity contribution is 0.272.